The first kappa shape index (κ1) is 18.4. The van der Waals surface area contributed by atoms with Gasteiger partial charge in [0.05, 0.1) is 0 Å². The van der Waals surface area contributed by atoms with Crippen LogP contribution in [-0.2, 0) is 20.9 Å². The fourth-order valence-electron chi connectivity index (χ4n) is 3.80. The number of hydrogen-bond donors (Lipinski definition) is 0. The van der Waals surface area contributed by atoms with Gasteiger partial charge in [-0.1, -0.05) is 0 Å². The fourth-order valence-corrected chi connectivity index (χ4v) is 24.9. The number of rotatable bonds is 3. The summed E-state index contributed by atoms with van der Waals surface area (Å²) in [5.74, 6) is -0.612. The normalized spacial score (nSPS) is 19.1. The van der Waals surface area contributed by atoms with Crippen LogP contribution in [0.4, 0.5) is 0 Å². The average Bonchev–Trinajstić information content (AvgIpc) is 2.95. The molecule has 2 aliphatic rings. The van der Waals surface area contributed by atoms with E-state index in [2.05, 4.69) is 78.9 Å². The van der Waals surface area contributed by atoms with E-state index in [0.717, 1.165) is 0 Å². The van der Waals surface area contributed by atoms with Gasteiger partial charge in [0.2, 0.25) is 0 Å². The topological polar surface area (TPSA) is 0 Å². The van der Waals surface area contributed by atoms with Crippen molar-refractivity contribution in [3.63, 3.8) is 0 Å². The van der Waals surface area contributed by atoms with Crippen LogP contribution in [0.1, 0.15) is 54.4 Å². The van der Waals surface area contributed by atoms with E-state index < -0.39 is 26.8 Å². The van der Waals surface area contributed by atoms with Gasteiger partial charge in [-0.2, -0.15) is 0 Å². The quantitative estimate of drug-likeness (QED) is 0.508. The third-order valence-corrected chi connectivity index (χ3v) is 24.0. The number of hydrogen-bond acceptors (Lipinski definition) is 0. The van der Waals surface area contributed by atoms with Crippen molar-refractivity contribution >= 4 is 5.92 Å². The molecule has 0 heterocycles. The first-order chi connectivity index (χ1) is 10.0. The molecule has 0 atom stereocenters. The molecule has 0 amide bonds. The van der Waals surface area contributed by atoms with Gasteiger partial charge in [0.25, 0.3) is 0 Å². The van der Waals surface area contributed by atoms with Crippen molar-refractivity contribution in [3.05, 3.63) is 42.0 Å². The van der Waals surface area contributed by atoms with Crippen molar-refractivity contribution in [2.75, 3.05) is 0 Å². The predicted molar refractivity (Wildman–Crippen MR) is 99.4 cm³/mol. The molecule has 2 aliphatic carbocycles. The fraction of sp³-hybridized carbons (Fsp3) is 0.600. The molecule has 0 radical (unpaired) electrons. The maximum absolute atomic E-state index is 2.62. The molecule has 0 aliphatic heterocycles. The zero-order chi connectivity index (χ0) is 16.7. The summed E-state index contributed by atoms with van der Waals surface area (Å²) in [7, 11) is 0. The second kappa shape index (κ2) is 6.52. The predicted octanol–water partition coefficient (Wildman–Crippen LogP) is 6.11. The summed E-state index contributed by atoms with van der Waals surface area (Å²) < 4.78 is 3.86. The number of allylic oxidation sites excluding steroid dienone is 8. The molecule has 0 aromatic rings. The molecule has 0 N–H and O–H groups in total. The molecule has 0 saturated heterocycles. The van der Waals surface area contributed by atoms with Crippen molar-refractivity contribution in [2.24, 2.45) is 10.8 Å². The van der Waals surface area contributed by atoms with Crippen LogP contribution in [0.5, 0.6) is 0 Å². The van der Waals surface area contributed by atoms with Crippen LogP contribution in [0.3, 0.4) is 0 Å². The molecule has 121 valence electrons. The van der Waals surface area contributed by atoms with E-state index in [-0.39, 0.29) is 0 Å². The molecule has 0 bridgehead atoms. The Hall–Kier alpha value is 0.0600. The van der Waals surface area contributed by atoms with Gasteiger partial charge < -0.3 is 0 Å². The van der Waals surface area contributed by atoms with Crippen LogP contribution in [0, 0.1) is 10.8 Å². The van der Waals surface area contributed by atoms with Crippen LogP contribution in [-0.4, -0.2) is 5.92 Å². The Kier molecular flexibility index (Phi) is 5.45. The summed E-state index contributed by atoms with van der Waals surface area (Å²) in [6.45, 7) is 19.6. The van der Waals surface area contributed by atoms with Gasteiger partial charge in [-0.05, 0) is 0 Å². The second-order valence-electron chi connectivity index (χ2n) is 9.07. The van der Waals surface area contributed by atoms with E-state index in [9.17, 15) is 0 Å². The second-order valence-corrected chi connectivity index (χ2v) is 28.3. The first-order valence-electron chi connectivity index (χ1n) is 8.71. The molecule has 0 aromatic carbocycles. The Morgan fingerprint density at radius 3 is 1.41 bits per heavy atom. The van der Waals surface area contributed by atoms with Gasteiger partial charge in [0.1, 0.15) is 0 Å². The van der Waals surface area contributed by atoms with Gasteiger partial charge in [-0.3, -0.25) is 0 Å². The molecular weight excluding hydrogens is 360 g/mol. The molecule has 2 heteroatoms. The summed E-state index contributed by atoms with van der Waals surface area (Å²) >= 11 is -1.65. The van der Waals surface area contributed by atoms with Crippen LogP contribution < -0.4 is 0 Å². The van der Waals surface area contributed by atoms with Crippen molar-refractivity contribution in [1.82, 2.24) is 0 Å². The Morgan fingerprint density at radius 2 is 1.14 bits per heavy atom. The van der Waals surface area contributed by atoms with E-state index in [1.54, 1.807) is 11.1 Å². The Labute approximate surface area is 146 Å². The van der Waals surface area contributed by atoms with Gasteiger partial charge in [-0.25, -0.2) is 0 Å². The third-order valence-electron chi connectivity index (χ3n) is 4.71. The van der Waals surface area contributed by atoms with Crippen molar-refractivity contribution in [3.8, 4) is 0 Å². The molecule has 2 rings (SSSR count). The first-order valence-corrected chi connectivity index (χ1v) is 18.3. The van der Waals surface area contributed by atoms with Gasteiger partial charge >= 0.3 is 147 Å². The van der Waals surface area contributed by atoms with Crippen LogP contribution in [0.2, 0.25) is 13.1 Å². The van der Waals surface area contributed by atoms with E-state index in [1.165, 1.54) is 12.8 Å². The summed E-state index contributed by atoms with van der Waals surface area (Å²) in [4.78, 5) is 0. The SMILES string of the molecule is C[SiH](C)[Zr]([C]1=C(C(C)(C)C)C=CC1)[C]1=C(C(C)(C)C)C=CC1. The average molecular weight is 393 g/mol. The zero-order valence-electron chi connectivity index (χ0n) is 15.8. The molecule has 22 heavy (non-hydrogen) atoms. The van der Waals surface area contributed by atoms with E-state index in [4.69, 9.17) is 0 Å². The van der Waals surface area contributed by atoms with Crippen LogP contribution in [0.15, 0.2) is 42.0 Å². The zero-order valence-corrected chi connectivity index (χ0v) is 19.4. The Morgan fingerprint density at radius 1 is 0.773 bits per heavy atom. The van der Waals surface area contributed by atoms with Crippen molar-refractivity contribution < 1.29 is 20.9 Å². The summed E-state index contributed by atoms with van der Waals surface area (Å²) in [5.41, 5.74) is 4.00. The van der Waals surface area contributed by atoms with E-state index in [0.29, 0.717) is 10.8 Å². The van der Waals surface area contributed by atoms with Gasteiger partial charge in [0.15, 0.2) is 0 Å². The summed E-state index contributed by atoms with van der Waals surface area (Å²) in [5, 5.41) is 0. The third kappa shape index (κ3) is 3.75. The monoisotopic (exact) mass is 391 g/mol. The van der Waals surface area contributed by atoms with Crippen LogP contribution >= 0.6 is 0 Å². The van der Waals surface area contributed by atoms with Crippen LogP contribution in [0.25, 0.3) is 0 Å². The Balaban J connectivity index is 2.54. The minimum atomic E-state index is -1.65. The van der Waals surface area contributed by atoms with Crippen molar-refractivity contribution in [1.29, 1.82) is 0 Å². The van der Waals surface area contributed by atoms with Gasteiger partial charge in [0, 0.05) is 0 Å². The molecule has 0 aromatic heterocycles. The molecule has 0 spiro atoms. The molecule has 0 nitrogen and oxygen atoms in total. The maximum atomic E-state index is 2.62. The van der Waals surface area contributed by atoms with E-state index in [1.807, 2.05) is 6.56 Å². The standard InChI is InChI=1S/2C9H13.C2H7Si.Zr/c2*1-9(2,3)8-6-4-5-7-8;1-3-2;/h2*4,6H,5H2,1-3H3;3H,1-2H3;. The summed E-state index contributed by atoms with van der Waals surface area (Å²) in [6.07, 6.45) is 12.3. The molecular formula is C20H33SiZr. The molecule has 0 saturated carbocycles. The minimum absolute atomic E-state index is 0.311. The molecule has 0 unspecified atom stereocenters. The summed E-state index contributed by atoms with van der Waals surface area (Å²) in [6, 6.07) is 0. The van der Waals surface area contributed by atoms with E-state index >= 15 is 0 Å². The Bertz CT molecular complexity index is 511. The molecule has 0 fully saturated rings. The van der Waals surface area contributed by atoms with Gasteiger partial charge in [-0.15, -0.1) is 0 Å². The van der Waals surface area contributed by atoms with Crippen molar-refractivity contribution in [2.45, 2.75) is 67.5 Å².